The second-order valence-corrected chi connectivity index (χ2v) is 7.56. The fraction of sp³-hybridized carbons (Fsp3) is 0.952. The first-order valence-electron chi connectivity index (χ1n) is 10.6. The van der Waals surface area contributed by atoms with Crippen molar-refractivity contribution >= 4 is 5.91 Å². The molecule has 0 aromatic rings. The van der Waals surface area contributed by atoms with Crippen molar-refractivity contribution in [2.45, 2.75) is 129 Å². The number of hydrogen-bond acceptors (Lipinski definition) is 2. The molecule has 0 aliphatic carbocycles. The molecule has 0 fully saturated rings. The Morgan fingerprint density at radius 2 is 1.12 bits per heavy atom. The quantitative estimate of drug-likeness (QED) is 0.331. The molecule has 0 aromatic heterocycles. The summed E-state index contributed by atoms with van der Waals surface area (Å²) in [5.41, 5.74) is 0. The highest BCUT2D eigenvalue weighted by Crippen LogP contribution is 2.13. The highest BCUT2D eigenvalue weighted by Gasteiger charge is 2.14. The number of amides is 1. The summed E-state index contributed by atoms with van der Waals surface area (Å²) in [4.78, 5) is 11.6. The maximum absolute atomic E-state index is 11.6. The minimum Gasteiger partial charge on any atom is -0.383 e. The molecule has 3 nitrogen and oxygen atoms in total. The van der Waals surface area contributed by atoms with Crippen molar-refractivity contribution in [3.63, 3.8) is 0 Å². The Hall–Kier alpha value is -0.570. The van der Waals surface area contributed by atoms with Crippen LogP contribution in [0.2, 0.25) is 0 Å². The first kappa shape index (κ1) is 23.4. The third-order valence-corrected chi connectivity index (χ3v) is 4.56. The molecule has 0 bridgehead atoms. The second-order valence-electron chi connectivity index (χ2n) is 7.56. The first-order chi connectivity index (χ1) is 11.6. The van der Waals surface area contributed by atoms with Gasteiger partial charge in [-0.3, -0.25) is 4.79 Å². The fourth-order valence-electron chi connectivity index (χ4n) is 3.04. The summed E-state index contributed by atoms with van der Waals surface area (Å²) in [6, 6.07) is 0.100. The van der Waals surface area contributed by atoms with Gasteiger partial charge in [0.05, 0.1) is 0 Å². The van der Waals surface area contributed by atoms with Crippen LogP contribution in [0.3, 0.4) is 0 Å². The van der Waals surface area contributed by atoms with Crippen LogP contribution in [0, 0.1) is 0 Å². The van der Waals surface area contributed by atoms with Gasteiger partial charge in [0, 0.05) is 6.04 Å². The van der Waals surface area contributed by atoms with E-state index < -0.39 is 6.10 Å². The average molecular weight is 342 g/mol. The van der Waals surface area contributed by atoms with Gasteiger partial charge in [0.15, 0.2) is 0 Å². The van der Waals surface area contributed by atoms with E-state index in [-0.39, 0.29) is 11.9 Å². The van der Waals surface area contributed by atoms with Gasteiger partial charge in [-0.1, -0.05) is 96.8 Å². The Morgan fingerprint density at radius 3 is 1.50 bits per heavy atom. The van der Waals surface area contributed by atoms with Crippen molar-refractivity contribution in [2.75, 3.05) is 0 Å². The van der Waals surface area contributed by atoms with Crippen molar-refractivity contribution in [1.29, 1.82) is 0 Å². The number of nitrogens with one attached hydrogen (secondary N) is 1. The predicted molar refractivity (Wildman–Crippen MR) is 104 cm³/mol. The van der Waals surface area contributed by atoms with E-state index in [2.05, 4.69) is 12.2 Å². The summed E-state index contributed by atoms with van der Waals surface area (Å²) in [7, 11) is 0. The Balaban J connectivity index is 3.21. The van der Waals surface area contributed by atoms with Crippen LogP contribution in [0.5, 0.6) is 0 Å². The molecule has 3 heteroatoms. The van der Waals surface area contributed by atoms with Gasteiger partial charge in [0.25, 0.3) is 0 Å². The van der Waals surface area contributed by atoms with Gasteiger partial charge in [0.2, 0.25) is 5.91 Å². The van der Waals surface area contributed by atoms with Gasteiger partial charge in [-0.2, -0.15) is 0 Å². The van der Waals surface area contributed by atoms with Gasteiger partial charge >= 0.3 is 0 Å². The highest BCUT2D eigenvalue weighted by atomic mass is 16.3. The van der Waals surface area contributed by atoms with E-state index in [9.17, 15) is 9.90 Å². The van der Waals surface area contributed by atoms with Crippen LogP contribution in [-0.4, -0.2) is 23.2 Å². The molecule has 1 amide bonds. The molecule has 144 valence electrons. The van der Waals surface area contributed by atoms with E-state index >= 15 is 0 Å². The highest BCUT2D eigenvalue weighted by molar-refractivity contribution is 5.80. The number of hydrogen-bond donors (Lipinski definition) is 2. The maximum Gasteiger partial charge on any atom is 0.249 e. The van der Waals surface area contributed by atoms with Gasteiger partial charge in [0.1, 0.15) is 6.10 Å². The Kier molecular flexibility index (Phi) is 16.8. The molecular weight excluding hydrogens is 298 g/mol. The zero-order valence-corrected chi connectivity index (χ0v) is 16.6. The van der Waals surface area contributed by atoms with Gasteiger partial charge in [-0.05, 0) is 20.3 Å². The zero-order chi connectivity index (χ0) is 18.0. The average Bonchev–Trinajstić information content (AvgIpc) is 2.54. The molecule has 0 spiro atoms. The molecule has 0 aromatic carbocycles. The van der Waals surface area contributed by atoms with E-state index in [0.717, 1.165) is 12.8 Å². The normalized spacial score (nSPS) is 12.5. The SMILES string of the molecule is CCCCCCCCCCCCCCCCC(O)C(=O)NC(C)C. The van der Waals surface area contributed by atoms with E-state index in [1.54, 1.807) is 0 Å². The number of aliphatic hydroxyl groups is 1. The summed E-state index contributed by atoms with van der Waals surface area (Å²) in [5, 5.41) is 12.5. The van der Waals surface area contributed by atoms with Crippen molar-refractivity contribution in [3.05, 3.63) is 0 Å². The fourth-order valence-corrected chi connectivity index (χ4v) is 3.04. The molecule has 0 heterocycles. The Bertz CT molecular complexity index is 279. The lowest BCUT2D eigenvalue weighted by atomic mass is 10.0. The largest absolute Gasteiger partial charge is 0.383 e. The molecule has 0 aliphatic heterocycles. The zero-order valence-electron chi connectivity index (χ0n) is 16.6. The molecule has 0 aliphatic rings. The Labute approximate surface area is 151 Å². The van der Waals surface area contributed by atoms with E-state index in [1.807, 2.05) is 13.8 Å². The first-order valence-corrected chi connectivity index (χ1v) is 10.6. The predicted octanol–water partition coefficient (Wildman–Crippen LogP) is 5.74. The van der Waals surface area contributed by atoms with Crippen LogP contribution in [0.4, 0.5) is 0 Å². The number of rotatable bonds is 17. The van der Waals surface area contributed by atoms with Crippen LogP contribution in [0.25, 0.3) is 0 Å². The lowest BCUT2D eigenvalue weighted by Crippen LogP contribution is -2.38. The number of unbranched alkanes of at least 4 members (excludes halogenated alkanes) is 13. The summed E-state index contributed by atoms with van der Waals surface area (Å²) in [5.74, 6) is -0.223. The van der Waals surface area contributed by atoms with Crippen molar-refractivity contribution in [1.82, 2.24) is 5.32 Å². The third-order valence-electron chi connectivity index (χ3n) is 4.56. The number of carbonyl (C=O) groups is 1. The van der Waals surface area contributed by atoms with Crippen LogP contribution >= 0.6 is 0 Å². The van der Waals surface area contributed by atoms with Crippen molar-refractivity contribution < 1.29 is 9.90 Å². The summed E-state index contributed by atoms with van der Waals surface area (Å²) in [6.07, 6.45) is 18.3. The maximum atomic E-state index is 11.6. The number of carbonyl (C=O) groups excluding carboxylic acids is 1. The molecular formula is C21H43NO2. The minimum absolute atomic E-state index is 0.100. The van der Waals surface area contributed by atoms with Crippen molar-refractivity contribution in [2.24, 2.45) is 0 Å². The molecule has 24 heavy (non-hydrogen) atoms. The summed E-state index contributed by atoms with van der Waals surface area (Å²) < 4.78 is 0. The van der Waals surface area contributed by atoms with Crippen LogP contribution in [0.1, 0.15) is 117 Å². The van der Waals surface area contributed by atoms with Crippen LogP contribution in [-0.2, 0) is 4.79 Å². The molecule has 0 saturated carbocycles. The third kappa shape index (κ3) is 16.3. The minimum atomic E-state index is -0.829. The molecule has 1 atom stereocenters. The second kappa shape index (κ2) is 17.3. The standard InChI is InChI=1S/C21H43NO2/c1-4-5-6-7-8-9-10-11-12-13-14-15-16-17-18-20(23)21(24)22-19(2)3/h19-20,23H,4-18H2,1-3H3,(H,22,24). The van der Waals surface area contributed by atoms with Gasteiger partial charge in [-0.15, -0.1) is 0 Å². The lowest BCUT2D eigenvalue weighted by Gasteiger charge is -2.13. The topological polar surface area (TPSA) is 49.3 Å². The van der Waals surface area contributed by atoms with Gasteiger partial charge < -0.3 is 10.4 Å². The molecule has 0 rings (SSSR count). The summed E-state index contributed by atoms with van der Waals surface area (Å²) in [6.45, 7) is 6.10. The van der Waals surface area contributed by atoms with E-state index in [0.29, 0.717) is 6.42 Å². The van der Waals surface area contributed by atoms with Gasteiger partial charge in [-0.25, -0.2) is 0 Å². The monoisotopic (exact) mass is 341 g/mol. The van der Waals surface area contributed by atoms with Crippen LogP contribution in [0.15, 0.2) is 0 Å². The Morgan fingerprint density at radius 1 is 0.750 bits per heavy atom. The van der Waals surface area contributed by atoms with Crippen molar-refractivity contribution in [3.8, 4) is 0 Å². The molecule has 1 unspecified atom stereocenters. The molecule has 0 radical (unpaired) electrons. The lowest BCUT2D eigenvalue weighted by molar-refractivity contribution is -0.130. The smallest absolute Gasteiger partial charge is 0.249 e. The molecule has 2 N–H and O–H groups in total. The summed E-state index contributed by atoms with van der Waals surface area (Å²) >= 11 is 0. The molecule has 0 saturated heterocycles. The number of aliphatic hydroxyl groups excluding tert-OH is 1. The van der Waals surface area contributed by atoms with Crippen LogP contribution < -0.4 is 5.32 Å². The van der Waals surface area contributed by atoms with E-state index in [4.69, 9.17) is 0 Å². The van der Waals surface area contributed by atoms with E-state index in [1.165, 1.54) is 77.0 Å².